The van der Waals surface area contributed by atoms with Crippen LogP contribution in [0.1, 0.15) is 6.92 Å². The van der Waals surface area contributed by atoms with Crippen LogP contribution in [0.3, 0.4) is 0 Å². The quantitative estimate of drug-likeness (QED) is 0.345. The Morgan fingerprint density at radius 1 is 1.57 bits per heavy atom. The van der Waals surface area contributed by atoms with E-state index in [1.165, 1.54) is 6.92 Å². The smallest absolute Gasteiger partial charge is 0.352 e. The van der Waals surface area contributed by atoms with E-state index in [1.54, 1.807) is 0 Å². The first-order valence-electron chi connectivity index (χ1n) is 3.67. The Balaban J connectivity index is 4.45. The number of aliphatic hydroxyl groups excluding tert-OH is 1. The Kier molecular flexibility index (Phi) is 5.13. The lowest BCUT2D eigenvalue weighted by Crippen LogP contribution is -2.47. The zero-order valence-electron chi connectivity index (χ0n) is 7.68. The predicted molar refractivity (Wildman–Crippen MR) is 44.1 cm³/mol. The SMILES string of the molecule is COC(=O)[C@@H](NC(=O)N=C=O)C(C)O. The maximum atomic E-state index is 11.0. The fourth-order valence-corrected chi connectivity index (χ4v) is 0.710. The van der Waals surface area contributed by atoms with Crippen molar-refractivity contribution in [2.45, 2.75) is 19.1 Å². The molecule has 0 bridgehead atoms. The molecule has 0 heterocycles. The zero-order chi connectivity index (χ0) is 11.1. The van der Waals surface area contributed by atoms with Gasteiger partial charge >= 0.3 is 12.0 Å². The fourth-order valence-electron chi connectivity index (χ4n) is 0.710. The van der Waals surface area contributed by atoms with E-state index in [1.807, 2.05) is 5.32 Å². The summed E-state index contributed by atoms with van der Waals surface area (Å²) in [6.07, 6.45) is -0.147. The molecule has 0 fully saturated rings. The average molecular weight is 202 g/mol. The number of urea groups is 1. The molecule has 78 valence electrons. The van der Waals surface area contributed by atoms with Crippen LogP contribution in [0.25, 0.3) is 0 Å². The number of aliphatic imine (C=N–C) groups is 1. The van der Waals surface area contributed by atoms with Gasteiger partial charge in [-0.15, -0.1) is 4.99 Å². The van der Waals surface area contributed by atoms with E-state index >= 15 is 0 Å². The number of rotatable bonds is 3. The molecule has 0 aromatic carbocycles. The van der Waals surface area contributed by atoms with E-state index in [4.69, 9.17) is 5.11 Å². The number of hydrogen-bond donors (Lipinski definition) is 2. The van der Waals surface area contributed by atoms with Crippen molar-refractivity contribution in [3.8, 4) is 0 Å². The molecule has 14 heavy (non-hydrogen) atoms. The highest BCUT2D eigenvalue weighted by Crippen LogP contribution is 1.96. The minimum Gasteiger partial charge on any atom is -0.467 e. The Morgan fingerprint density at radius 3 is 2.50 bits per heavy atom. The van der Waals surface area contributed by atoms with Gasteiger partial charge in [0.05, 0.1) is 13.2 Å². The number of carbonyl (C=O) groups is 2. The van der Waals surface area contributed by atoms with Crippen molar-refractivity contribution in [2.75, 3.05) is 7.11 Å². The van der Waals surface area contributed by atoms with E-state index in [0.717, 1.165) is 13.2 Å². The molecule has 0 aliphatic carbocycles. The number of amides is 2. The fraction of sp³-hybridized carbons (Fsp3) is 0.571. The molecule has 0 aliphatic heterocycles. The van der Waals surface area contributed by atoms with E-state index in [0.29, 0.717) is 0 Å². The Hall–Kier alpha value is -1.72. The minimum absolute atomic E-state index is 0.825. The summed E-state index contributed by atoms with van der Waals surface area (Å²) in [4.78, 5) is 34.0. The van der Waals surface area contributed by atoms with Crippen molar-refractivity contribution in [3.63, 3.8) is 0 Å². The molecule has 0 aliphatic rings. The number of ether oxygens (including phenoxy) is 1. The molecule has 0 spiro atoms. The summed E-state index contributed by atoms with van der Waals surface area (Å²) >= 11 is 0. The van der Waals surface area contributed by atoms with Crippen LogP contribution in [0.5, 0.6) is 0 Å². The van der Waals surface area contributed by atoms with E-state index in [9.17, 15) is 14.4 Å². The lowest BCUT2D eigenvalue weighted by atomic mass is 10.2. The highest BCUT2D eigenvalue weighted by atomic mass is 16.5. The molecular weight excluding hydrogens is 192 g/mol. The second kappa shape index (κ2) is 5.85. The van der Waals surface area contributed by atoms with Crippen LogP contribution >= 0.6 is 0 Å². The first kappa shape index (κ1) is 12.3. The molecule has 7 nitrogen and oxygen atoms in total. The Labute approximate surface area is 79.8 Å². The average Bonchev–Trinajstić information content (AvgIpc) is 2.13. The Bertz CT molecular complexity index is 269. The van der Waals surface area contributed by atoms with Gasteiger partial charge in [0.1, 0.15) is 0 Å². The van der Waals surface area contributed by atoms with Crippen LogP contribution < -0.4 is 5.32 Å². The van der Waals surface area contributed by atoms with Gasteiger partial charge in [-0.05, 0) is 6.92 Å². The molecule has 2 amide bonds. The van der Waals surface area contributed by atoms with Crippen LogP contribution in [-0.4, -0.2) is 42.4 Å². The van der Waals surface area contributed by atoms with E-state index < -0.39 is 24.1 Å². The number of isocyanates is 1. The summed E-state index contributed by atoms with van der Waals surface area (Å²) in [7, 11) is 1.10. The van der Waals surface area contributed by atoms with E-state index in [-0.39, 0.29) is 0 Å². The summed E-state index contributed by atoms with van der Waals surface area (Å²) < 4.78 is 4.30. The van der Waals surface area contributed by atoms with Crippen molar-refractivity contribution in [1.82, 2.24) is 5.32 Å². The van der Waals surface area contributed by atoms with E-state index in [2.05, 4.69) is 9.73 Å². The van der Waals surface area contributed by atoms with Gasteiger partial charge in [-0.1, -0.05) is 0 Å². The molecule has 0 rings (SSSR count). The van der Waals surface area contributed by atoms with Crippen molar-refractivity contribution in [2.24, 2.45) is 4.99 Å². The second-order valence-electron chi connectivity index (χ2n) is 2.39. The van der Waals surface area contributed by atoms with Crippen molar-refractivity contribution < 1.29 is 24.2 Å². The number of methoxy groups -OCH3 is 1. The molecule has 0 aromatic rings. The van der Waals surface area contributed by atoms with Crippen molar-refractivity contribution >= 4 is 18.1 Å². The lowest BCUT2D eigenvalue weighted by Gasteiger charge is -2.16. The highest BCUT2D eigenvalue weighted by molar-refractivity contribution is 5.86. The maximum Gasteiger partial charge on any atom is 0.352 e. The number of hydrogen-bond acceptors (Lipinski definition) is 5. The van der Waals surface area contributed by atoms with Crippen molar-refractivity contribution in [3.05, 3.63) is 0 Å². The van der Waals surface area contributed by atoms with Crippen LogP contribution in [-0.2, 0) is 14.3 Å². The molecule has 7 heteroatoms. The molecule has 1 unspecified atom stereocenters. The molecule has 2 N–H and O–H groups in total. The lowest BCUT2D eigenvalue weighted by molar-refractivity contribution is -0.145. The number of nitrogens with zero attached hydrogens (tertiary/aromatic N) is 1. The third-order valence-corrected chi connectivity index (χ3v) is 1.36. The summed E-state index contributed by atoms with van der Waals surface area (Å²) in [5, 5.41) is 11.1. The monoisotopic (exact) mass is 202 g/mol. The second-order valence-corrected chi connectivity index (χ2v) is 2.39. The summed E-state index contributed by atoms with van der Waals surface area (Å²) in [5.41, 5.74) is 0. The predicted octanol–water partition coefficient (Wildman–Crippen LogP) is -1.05. The van der Waals surface area contributed by atoms with Gasteiger partial charge in [0.25, 0.3) is 0 Å². The molecule has 0 saturated heterocycles. The van der Waals surface area contributed by atoms with Crippen molar-refractivity contribution in [1.29, 1.82) is 0 Å². The molecule has 2 atom stereocenters. The molecule has 0 aromatic heterocycles. The van der Waals surface area contributed by atoms with Gasteiger partial charge in [0.2, 0.25) is 6.08 Å². The van der Waals surface area contributed by atoms with Gasteiger partial charge in [-0.2, -0.15) is 0 Å². The van der Waals surface area contributed by atoms with Gasteiger partial charge in [-0.3, -0.25) is 0 Å². The summed E-state index contributed by atoms with van der Waals surface area (Å²) in [6.45, 7) is 1.28. The number of aliphatic hydroxyl groups is 1. The number of esters is 1. The normalized spacial score (nSPS) is 13.4. The van der Waals surface area contributed by atoms with Gasteiger partial charge in [0.15, 0.2) is 6.04 Å². The number of nitrogens with one attached hydrogen (secondary N) is 1. The van der Waals surface area contributed by atoms with Crippen LogP contribution in [0, 0.1) is 0 Å². The largest absolute Gasteiger partial charge is 0.467 e. The molecule has 0 radical (unpaired) electrons. The van der Waals surface area contributed by atoms with Gasteiger partial charge < -0.3 is 15.2 Å². The summed E-state index contributed by atoms with van der Waals surface area (Å²) in [6, 6.07) is -2.30. The zero-order valence-corrected chi connectivity index (χ0v) is 7.68. The van der Waals surface area contributed by atoms with Crippen LogP contribution in [0.15, 0.2) is 4.99 Å². The highest BCUT2D eigenvalue weighted by Gasteiger charge is 2.26. The van der Waals surface area contributed by atoms with Gasteiger partial charge in [0, 0.05) is 0 Å². The van der Waals surface area contributed by atoms with Crippen LogP contribution in [0.2, 0.25) is 0 Å². The molecular formula is C7H10N2O5. The maximum absolute atomic E-state index is 11.0. The van der Waals surface area contributed by atoms with Crippen LogP contribution in [0.4, 0.5) is 4.79 Å². The minimum atomic E-state index is -1.25. The number of carbonyl (C=O) groups excluding carboxylic acids is 3. The molecule has 0 saturated carbocycles. The summed E-state index contributed by atoms with van der Waals surface area (Å²) in [5.74, 6) is -0.825. The first-order valence-corrected chi connectivity index (χ1v) is 3.67. The standard InChI is InChI=1S/C7H10N2O5/c1-4(11)5(6(12)14-2)9-7(13)8-3-10/h4-5,11H,1-2H3,(H,9,13)/t4?,5-/m0/s1. The third-order valence-electron chi connectivity index (χ3n) is 1.36. The third kappa shape index (κ3) is 3.79. The first-order chi connectivity index (χ1) is 6.52. The topological polar surface area (TPSA) is 105 Å². The van der Waals surface area contributed by atoms with Gasteiger partial charge in [-0.25, -0.2) is 14.4 Å². The Morgan fingerprint density at radius 2 is 2.14 bits per heavy atom.